The lowest BCUT2D eigenvalue weighted by Crippen LogP contribution is -2.50. The molecule has 0 bridgehead atoms. The number of nitrogens with zero attached hydrogens (tertiary/aromatic N) is 1. The van der Waals surface area contributed by atoms with Crippen molar-refractivity contribution in [3.63, 3.8) is 0 Å². The average molecular weight is 250 g/mol. The van der Waals surface area contributed by atoms with Gasteiger partial charge in [-0.25, -0.2) is 0 Å². The maximum absolute atomic E-state index is 11.3. The van der Waals surface area contributed by atoms with Crippen molar-refractivity contribution in [1.29, 1.82) is 0 Å². The first-order chi connectivity index (χ1) is 8.69. The van der Waals surface area contributed by atoms with Crippen LogP contribution < -0.4 is 5.32 Å². The molecule has 18 heavy (non-hydrogen) atoms. The number of likely N-dealkylation sites (tertiary alicyclic amines) is 1. The fourth-order valence-electron chi connectivity index (χ4n) is 3.51. The molecule has 3 aliphatic rings. The van der Waals surface area contributed by atoms with Crippen LogP contribution in [-0.2, 0) is 4.79 Å². The Labute approximate surface area is 110 Å². The molecule has 0 aromatic rings. The van der Waals surface area contributed by atoms with E-state index in [4.69, 9.17) is 0 Å². The van der Waals surface area contributed by atoms with Crippen molar-refractivity contribution < 1.29 is 4.79 Å². The third-order valence-corrected chi connectivity index (χ3v) is 4.60. The average Bonchev–Trinajstić information content (AvgIpc) is 3.12. The Bertz CT molecular complexity index is 288. The van der Waals surface area contributed by atoms with Crippen LogP contribution in [0.2, 0.25) is 0 Å². The van der Waals surface area contributed by atoms with Crippen molar-refractivity contribution in [2.45, 2.75) is 51.5 Å². The first kappa shape index (κ1) is 12.5. The van der Waals surface area contributed by atoms with Gasteiger partial charge in [-0.05, 0) is 43.4 Å². The van der Waals surface area contributed by atoms with Gasteiger partial charge in [0.25, 0.3) is 0 Å². The molecule has 2 aliphatic carbocycles. The van der Waals surface area contributed by atoms with E-state index in [1.54, 1.807) is 6.92 Å². The highest BCUT2D eigenvalue weighted by Gasteiger charge is 2.34. The highest BCUT2D eigenvalue weighted by molar-refractivity contribution is 5.73. The predicted molar refractivity (Wildman–Crippen MR) is 72.2 cm³/mol. The largest absolute Gasteiger partial charge is 0.352 e. The van der Waals surface area contributed by atoms with E-state index in [0.29, 0.717) is 6.04 Å². The molecule has 1 amide bonds. The minimum atomic E-state index is 0.137. The van der Waals surface area contributed by atoms with Crippen molar-refractivity contribution in [1.82, 2.24) is 10.2 Å². The van der Waals surface area contributed by atoms with Crippen molar-refractivity contribution >= 4 is 5.91 Å². The third-order valence-electron chi connectivity index (χ3n) is 4.60. The van der Waals surface area contributed by atoms with Crippen LogP contribution in [0.1, 0.15) is 45.4 Å². The molecule has 1 heterocycles. The SMILES string of the molecule is CC(=O)NC1CC(CC2CC2)CN(CC2CC2)C1. The lowest BCUT2D eigenvalue weighted by Gasteiger charge is -2.38. The van der Waals surface area contributed by atoms with Gasteiger partial charge in [0.15, 0.2) is 0 Å². The van der Waals surface area contributed by atoms with Crippen LogP contribution in [0.5, 0.6) is 0 Å². The minimum absolute atomic E-state index is 0.137. The van der Waals surface area contributed by atoms with Crippen LogP contribution in [0, 0.1) is 17.8 Å². The number of rotatable bonds is 5. The highest BCUT2D eigenvalue weighted by atomic mass is 16.1. The first-order valence-corrected chi connectivity index (χ1v) is 7.68. The zero-order valence-electron chi connectivity index (χ0n) is 11.5. The van der Waals surface area contributed by atoms with Crippen LogP contribution in [0.15, 0.2) is 0 Å². The summed E-state index contributed by atoms with van der Waals surface area (Å²) in [7, 11) is 0. The second-order valence-corrected chi connectivity index (χ2v) is 6.84. The molecular weight excluding hydrogens is 224 g/mol. The van der Waals surface area contributed by atoms with E-state index in [1.807, 2.05) is 0 Å². The number of hydrogen-bond donors (Lipinski definition) is 1. The zero-order valence-corrected chi connectivity index (χ0v) is 11.5. The molecule has 102 valence electrons. The molecule has 1 N–H and O–H groups in total. The van der Waals surface area contributed by atoms with E-state index in [-0.39, 0.29) is 5.91 Å². The monoisotopic (exact) mass is 250 g/mol. The molecule has 2 unspecified atom stereocenters. The zero-order chi connectivity index (χ0) is 12.5. The Morgan fingerprint density at radius 3 is 2.44 bits per heavy atom. The molecule has 3 rings (SSSR count). The molecule has 3 nitrogen and oxygen atoms in total. The van der Waals surface area contributed by atoms with Crippen LogP contribution in [0.25, 0.3) is 0 Å². The summed E-state index contributed by atoms with van der Waals surface area (Å²) in [6.07, 6.45) is 8.35. The maximum Gasteiger partial charge on any atom is 0.217 e. The molecule has 3 fully saturated rings. The molecule has 3 heteroatoms. The Balaban J connectivity index is 1.54. The number of hydrogen-bond acceptors (Lipinski definition) is 2. The summed E-state index contributed by atoms with van der Waals surface area (Å²) >= 11 is 0. The summed E-state index contributed by atoms with van der Waals surface area (Å²) in [5.74, 6) is 2.93. The number of piperidine rings is 1. The number of carbonyl (C=O) groups excluding carboxylic acids is 1. The summed E-state index contributed by atoms with van der Waals surface area (Å²) in [4.78, 5) is 13.9. The third kappa shape index (κ3) is 3.71. The van der Waals surface area contributed by atoms with Gasteiger partial charge < -0.3 is 10.2 Å². The smallest absolute Gasteiger partial charge is 0.217 e. The first-order valence-electron chi connectivity index (χ1n) is 7.68. The second kappa shape index (κ2) is 5.20. The van der Waals surface area contributed by atoms with Crippen LogP contribution >= 0.6 is 0 Å². The van der Waals surface area contributed by atoms with E-state index in [1.165, 1.54) is 51.6 Å². The molecule has 0 aromatic carbocycles. The second-order valence-electron chi connectivity index (χ2n) is 6.84. The van der Waals surface area contributed by atoms with E-state index < -0.39 is 0 Å². The quantitative estimate of drug-likeness (QED) is 0.809. The van der Waals surface area contributed by atoms with Gasteiger partial charge >= 0.3 is 0 Å². The van der Waals surface area contributed by atoms with Gasteiger partial charge in [-0.15, -0.1) is 0 Å². The van der Waals surface area contributed by atoms with Crippen molar-refractivity contribution in [2.75, 3.05) is 19.6 Å². The van der Waals surface area contributed by atoms with Gasteiger partial charge in [0.2, 0.25) is 5.91 Å². The van der Waals surface area contributed by atoms with Crippen molar-refractivity contribution in [3.05, 3.63) is 0 Å². The topological polar surface area (TPSA) is 32.3 Å². The fourth-order valence-corrected chi connectivity index (χ4v) is 3.51. The van der Waals surface area contributed by atoms with Gasteiger partial charge in [-0.2, -0.15) is 0 Å². The van der Waals surface area contributed by atoms with E-state index in [0.717, 1.165) is 24.3 Å². The van der Waals surface area contributed by atoms with Crippen molar-refractivity contribution in [3.8, 4) is 0 Å². The van der Waals surface area contributed by atoms with Gasteiger partial charge in [-0.3, -0.25) is 4.79 Å². The van der Waals surface area contributed by atoms with Gasteiger partial charge in [0.1, 0.15) is 0 Å². The van der Waals surface area contributed by atoms with Crippen LogP contribution in [0.4, 0.5) is 0 Å². The molecule has 0 radical (unpaired) electrons. The van der Waals surface area contributed by atoms with Crippen LogP contribution in [0.3, 0.4) is 0 Å². The molecular formula is C15H26N2O. The predicted octanol–water partition coefficient (Wildman–Crippen LogP) is 2.02. The summed E-state index contributed by atoms with van der Waals surface area (Å²) in [5.41, 5.74) is 0. The summed E-state index contributed by atoms with van der Waals surface area (Å²) < 4.78 is 0. The Kier molecular flexibility index (Phi) is 3.60. The molecule has 1 saturated heterocycles. The van der Waals surface area contributed by atoms with Gasteiger partial charge in [-0.1, -0.05) is 12.8 Å². The maximum atomic E-state index is 11.3. The van der Waals surface area contributed by atoms with Gasteiger partial charge in [0, 0.05) is 32.6 Å². The molecule has 0 spiro atoms. The fraction of sp³-hybridized carbons (Fsp3) is 0.933. The lowest BCUT2D eigenvalue weighted by atomic mass is 9.89. The Morgan fingerprint density at radius 2 is 1.83 bits per heavy atom. The van der Waals surface area contributed by atoms with Crippen LogP contribution in [-0.4, -0.2) is 36.5 Å². The normalized spacial score (nSPS) is 33.4. The summed E-state index contributed by atoms with van der Waals surface area (Å²) in [6, 6.07) is 0.402. The van der Waals surface area contributed by atoms with E-state index in [2.05, 4.69) is 10.2 Å². The number of carbonyl (C=O) groups is 1. The highest BCUT2D eigenvalue weighted by Crippen LogP contribution is 2.38. The Hall–Kier alpha value is -0.570. The van der Waals surface area contributed by atoms with Crippen molar-refractivity contribution in [2.24, 2.45) is 17.8 Å². The van der Waals surface area contributed by atoms with E-state index in [9.17, 15) is 4.79 Å². The molecule has 2 atom stereocenters. The Morgan fingerprint density at radius 1 is 1.11 bits per heavy atom. The molecule has 0 aromatic heterocycles. The number of amides is 1. The van der Waals surface area contributed by atoms with E-state index >= 15 is 0 Å². The number of nitrogens with one attached hydrogen (secondary N) is 1. The summed E-state index contributed by atoms with van der Waals surface area (Å²) in [5, 5.41) is 3.15. The summed E-state index contributed by atoms with van der Waals surface area (Å²) in [6.45, 7) is 5.29. The molecule has 1 aliphatic heterocycles. The minimum Gasteiger partial charge on any atom is -0.352 e. The molecule has 2 saturated carbocycles. The van der Waals surface area contributed by atoms with Gasteiger partial charge in [0.05, 0.1) is 0 Å². The standard InChI is InChI=1S/C15H26N2O/c1-11(18)16-15-7-14(6-12-2-3-12)9-17(10-15)8-13-4-5-13/h12-15H,2-10H2,1H3,(H,16,18). The lowest BCUT2D eigenvalue weighted by molar-refractivity contribution is -0.120.